The van der Waals surface area contributed by atoms with Gasteiger partial charge in [0.15, 0.2) is 0 Å². The Labute approximate surface area is 99.6 Å². The van der Waals surface area contributed by atoms with Crippen molar-refractivity contribution in [2.75, 3.05) is 5.32 Å². The number of phenols is 1. The molecule has 0 aliphatic carbocycles. The third-order valence-corrected chi connectivity index (χ3v) is 2.00. The van der Waals surface area contributed by atoms with Gasteiger partial charge >= 0.3 is 6.03 Å². The van der Waals surface area contributed by atoms with Crippen molar-refractivity contribution in [2.24, 2.45) is 0 Å². The van der Waals surface area contributed by atoms with E-state index in [4.69, 9.17) is 16.7 Å². The maximum atomic E-state index is 11.5. The third-order valence-electron chi connectivity index (χ3n) is 1.69. The number of hydrogen-bond acceptors (Lipinski definition) is 2. The molecule has 5 heteroatoms. The van der Waals surface area contributed by atoms with E-state index in [1.54, 1.807) is 6.07 Å². The number of halogens is 1. The topological polar surface area (TPSA) is 61.4 Å². The van der Waals surface area contributed by atoms with E-state index in [-0.39, 0.29) is 17.3 Å². The molecule has 3 N–H and O–H groups in total. The van der Waals surface area contributed by atoms with E-state index < -0.39 is 0 Å². The van der Waals surface area contributed by atoms with Crippen molar-refractivity contribution < 1.29 is 9.90 Å². The SMILES string of the molecule is CC(C)(C)NC(=O)Nc1ccc(O)cc1Cl. The highest BCUT2D eigenvalue weighted by Crippen LogP contribution is 2.25. The van der Waals surface area contributed by atoms with Crippen LogP contribution >= 0.6 is 11.6 Å². The molecule has 0 bridgehead atoms. The molecule has 0 spiro atoms. The molecule has 0 radical (unpaired) electrons. The second-order valence-electron chi connectivity index (χ2n) is 4.49. The van der Waals surface area contributed by atoms with E-state index in [0.29, 0.717) is 10.7 Å². The highest BCUT2D eigenvalue weighted by molar-refractivity contribution is 6.33. The zero-order valence-corrected chi connectivity index (χ0v) is 10.2. The second-order valence-corrected chi connectivity index (χ2v) is 4.90. The van der Waals surface area contributed by atoms with Crippen LogP contribution in [0.3, 0.4) is 0 Å². The quantitative estimate of drug-likeness (QED) is 0.663. The van der Waals surface area contributed by atoms with Crippen LogP contribution < -0.4 is 10.6 Å². The molecule has 4 nitrogen and oxygen atoms in total. The van der Waals surface area contributed by atoms with Crippen LogP contribution in [0.25, 0.3) is 0 Å². The van der Waals surface area contributed by atoms with Gasteiger partial charge in [-0.05, 0) is 32.9 Å². The Morgan fingerprint density at radius 3 is 2.50 bits per heavy atom. The molecule has 1 aromatic carbocycles. The van der Waals surface area contributed by atoms with Crippen LogP contribution in [0.2, 0.25) is 5.02 Å². The summed E-state index contributed by atoms with van der Waals surface area (Å²) in [6, 6.07) is 4.03. The fourth-order valence-electron chi connectivity index (χ4n) is 1.10. The van der Waals surface area contributed by atoms with Gasteiger partial charge in [0.1, 0.15) is 5.75 Å². The summed E-state index contributed by atoms with van der Waals surface area (Å²) in [6.45, 7) is 5.64. The van der Waals surface area contributed by atoms with Crippen LogP contribution in [0.1, 0.15) is 20.8 Å². The average molecular weight is 243 g/mol. The smallest absolute Gasteiger partial charge is 0.319 e. The summed E-state index contributed by atoms with van der Waals surface area (Å²) in [5.74, 6) is 0.0618. The lowest BCUT2D eigenvalue weighted by molar-refractivity contribution is 0.244. The number of benzene rings is 1. The van der Waals surface area contributed by atoms with Crippen LogP contribution in [0.15, 0.2) is 18.2 Å². The van der Waals surface area contributed by atoms with Crippen molar-refractivity contribution in [2.45, 2.75) is 26.3 Å². The third kappa shape index (κ3) is 3.98. The summed E-state index contributed by atoms with van der Waals surface area (Å²) in [5, 5.41) is 14.8. The molecule has 0 saturated heterocycles. The molecule has 1 rings (SSSR count). The molecular weight excluding hydrogens is 228 g/mol. The van der Waals surface area contributed by atoms with Crippen LogP contribution in [0.4, 0.5) is 10.5 Å². The van der Waals surface area contributed by atoms with Crippen LogP contribution in [0.5, 0.6) is 5.75 Å². The molecule has 0 unspecified atom stereocenters. The first-order valence-electron chi connectivity index (χ1n) is 4.85. The number of hydrogen-bond donors (Lipinski definition) is 3. The second kappa shape index (κ2) is 4.61. The summed E-state index contributed by atoms with van der Waals surface area (Å²) in [4.78, 5) is 11.5. The number of rotatable bonds is 1. The van der Waals surface area contributed by atoms with Gasteiger partial charge in [0, 0.05) is 11.6 Å². The lowest BCUT2D eigenvalue weighted by Crippen LogP contribution is -2.43. The summed E-state index contributed by atoms with van der Waals surface area (Å²) < 4.78 is 0. The Morgan fingerprint density at radius 2 is 2.00 bits per heavy atom. The van der Waals surface area contributed by atoms with Crippen molar-refractivity contribution in [1.82, 2.24) is 5.32 Å². The van der Waals surface area contributed by atoms with E-state index >= 15 is 0 Å². The molecule has 0 aliphatic heterocycles. The van der Waals surface area contributed by atoms with E-state index in [2.05, 4.69) is 10.6 Å². The van der Waals surface area contributed by atoms with Crippen LogP contribution in [-0.2, 0) is 0 Å². The van der Waals surface area contributed by atoms with Crippen LogP contribution in [0, 0.1) is 0 Å². The predicted octanol–water partition coefficient (Wildman–Crippen LogP) is 2.97. The van der Waals surface area contributed by atoms with E-state index in [9.17, 15) is 4.79 Å². The molecule has 1 aromatic rings. The maximum Gasteiger partial charge on any atom is 0.319 e. The first-order chi connectivity index (χ1) is 7.28. The lowest BCUT2D eigenvalue weighted by atomic mass is 10.1. The number of urea groups is 1. The van der Waals surface area contributed by atoms with Gasteiger partial charge in [-0.25, -0.2) is 4.79 Å². The number of anilines is 1. The zero-order chi connectivity index (χ0) is 12.3. The Hall–Kier alpha value is -1.42. The number of nitrogens with one attached hydrogen (secondary N) is 2. The molecule has 0 atom stereocenters. The highest BCUT2D eigenvalue weighted by Gasteiger charge is 2.14. The number of aromatic hydroxyl groups is 1. The Kier molecular flexibility index (Phi) is 3.65. The zero-order valence-electron chi connectivity index (χ0n) is 9.47. The van der Waals surface area contributed by atoms with E-state index in [0.717, 1.165) is 0 Å². The molecule has 0 fully saturated rings. The Balaban J connectivity index is 2.70. The maximum absolute atomic E-state index is 11.5. The standard InChI is InChI=1S/C11H15ClN2O2/c1-11(2,3)14-10(16)13-9-5-4-7(15)6-8(9)12/h4-6,15H,1-3H3,(H2,13,14,16). The van der Waals surface area contributed by atoms with Gasteiger partial charge < -0.3 is 15.7 Å². The van der Waals surface area contributed by atoms with Gasteiger partial charge in [0.25, 0.3) is 0 Å². The molecular formula is C11H15ClN2O2. The Bertz CT molecular complexity index is 399. The highest BCUT2D eigenvalue weighted by atomic mass is 35.5. The van der Waals surface area contributed by atoms with Gasteiger partial charge in [0.2, 0.25) is 0 Å². The molecule has 88 valence electrons. The number of phenolic OH excluding ortho intramolecular Hbond substituents is 1. The van der Waals surface area contributed by atoms with Gasteiger partial charge in [-0.3, -0.25) is 0 Å². The summed E-state index contributed by atoms with van der Waals surface area (Å²) in [7, 11) is 0. The van der Waals surface area contributed by atoms with Crippen molar-refractivity contribution >= 4 is 23.3 Å². The van der Waals surface area contributed by atoms with E-state index in [1.807, 2.05) is 20.8 Å². The largest absolute Gasteiger partial charge is 0.508 e. The summed E-state index contributed by atoms with van der Waals surface area (Å²) >= 11 is 5.84. The fourth-order valence-corrected chi connectivity index (χ4v) is 1.32. The van der Waals surface area contributed by atoms with Crippen molar-refractivity contribution in [3.8, 4) is 5.75 Å². The summed E-state index contributed by atoms with van der Waals surface area (Å²) in [6.07, 6.45) is 0. The van der Waals surface area contributed by atoms with Crippen molar-refractivity contribution in [3.05, 3.63) is 23.2 Å². The monoisotopic (exact) mass is 242 g/mol. The molecule has 0 aromatic heterocycles. The first kappa shape index (κ1) is 12.6. The van der Waals surface area contributed by atoms with Crippen molar-refractivity contribution in [1.29, 1.82) is 0 Å². The fraction of sp³-hybridized carbons (Fsp3) is 0.364. The molecule has 0 heterocycles. The first-order valence-corrected chi connectivity index (χ1v) is 5.23. The van der Waals surface area contributed by atoms with Gasteiger partial charge in [-0.1, -0.05) is 11.6 Å². The average Bonchev–Trinajstić information content (AvgIpc) is 2.06. The predicted molar refractivity (Wildman–Crippen MR) is 65.0 cm³/mol. The lowest BCUT2D eigenvalue weighted by Gasteiger charge is -2.21. The van der Waals surface area contributed by atoms with E-state index in [1.165, 1.54) is 12.1 Å². The molecule has 0 aliphatic rings. The minimum atomic E-state index is -0.333. The van der Waals surface area contributed by atoms with Crippen molar-refractivity contribution in [3.63, 3.8) is 0 Å². The van der Waals surface area contributed by atoms with Gasteiger partial charge in [0.05, 0.1) is 10.7 Å². The molecule has 0 saturated carbocycles. The molecule has 2 amide bonds. The van der Waals surface area contributed by atoms with Crippen LogP contribution in [-0.4, -0.2) is 16.7 Å². The minimum Gasteiger partial charge on any atom is -0.508 e. The number of carbonyl (C=O) groups excluding carboxylic acids is 1. The summed E-state index contributed by atoms with van der Waals surface area (Å²) in [5.41, 5.74) is 0.147. The minimum absolute atomic E-state index is 0.0618. The number of carbonyl (C=O) groups is 1. The normalized spacial score (nSPS) is 11.0. The number of amides is 2. The van der Waals surface area contributed by atoms with Gasteiger partial charge in [-0.2, -0.15) is 0 Å². The molecule has 16 heavy (non-hydrogen) atoms. The Morgan fingerprint density at radius 1 is 1.38 bits per heavy atom. The van der Waals surface area contributed by atoms with Gasteiger partial charge in [-0.15, -0.1) is 0 Å².